The van der Waals surface area contributed by atoms with E-state index in [1.165, 1.54) is 38.2 Å². The van der Waals surface area contributed by atoms with Crippen molar-refractivity contribution >= 4 is 0 Å². The van der Waals surface area contributed by atoms with E-state index in [0.717, 1.165) is 12.7 Å². The number of pyridine rings is 1. The van der Waals surface area contributed by atoms with Crippen molar-refractivity contribution < 1.29 is 9.50 Å². The first kappa shape index (κ1) is 14.4. The Labute approximate surface area is 114 Å². The van der Waals surface area contributed by atoms with Gasteiger partial charge in [-0.2, -0.15) is 0 Å². The predicted molar refractivity (Wildman–Crippen MR) is 73.3 cm³/mol. The summed E-state index contributed by atoms with van der Waals surface area (Å²) in [7, 11) is 2.13. The molecule has 1 atom stereocenters. The Morgan fingerprint density at radius 1 is 1.37 bits per heavy atom. The molecule has 0 radical (unpaired) electrons. The van der Waals surface area contributed by atoms with Crippen molar-refractivity contribution in [1.29, 1.82) is 0 Å². The van der Waals surface area contributed by atoms with Crippen LogP contribution in [0.5, 0.6) is 0 Å². The van der Waals surface area contributed by atoms with Crippen LogP contribution in [0.3, 0.4) is 0 Å². The molecular formula is C15H23FN2O. The monoisotopic (exact) mass is 266 g/mol. The first-order chi connectivity index (χ1) is 9.16. The number of aliphatic hydroxyl groups excluding tert-OH is 1. The summed E-state index contributed by atoms with van der Waals surface area (Å²) < 4.78 is 12.8. The Kier molecular flexibility index (Phi) is 5.28. The van der Waals surface area contributed by atoms with E-state index in [2.05, 4.69) is 16.9 Å². The van der Waals surface area contributed by atoms with Crippen molar-refractivity contribution in [3.63, 3.8) is 0 Å². The van der Waals surface area contributed by atoms with Crippen LogP contribution in [0.1, 0.15) is 50.3 Å². The van der Waals surface area contributed by atoms with Gasteiger partial charge in [0, 0.05) is 12.6 Å². The van der Waals surface area contributed by atoms with Crippen molar-refractivity contribution in [2.75, 3.05) is 13.6 Å². The van der Waals surface area contributed by atoms with E-state index in [1.54, 1.807) is 6.07 Å². The van der Waals surface area contributed by atoms with E-state index in [-0.39, 0.29) is 5.82 Å². The highest BCUT2D eigenvalue weighted by Crippen LogP contribution is 2.23. The maximum Gasteiger partial charge on any atom is 0.141 e. The second-order valence-electron chi connectivity index (χ2n) is 5.48. The molecule has 4 heteroatoms. The number of halogens is 1. The molecule has 1 unspecified atom stereocenters. The van der Waals surface area contributed by atoms with Gasteiger partial charge in [-0.15, -0.1) is 0 Å². The first-order valence-electron chi connectivity index (χ1n) is 7.16. The van der Waals surface area contributed by atoms with E-state index in [4.69, 9.17) is 0 Å². The molecule has 3 nitrogen and oxygen atoms in total. The molecule has 1 aromatic heterocycles. The van der Waals surface area contributed by atoms with Crippen molar-refractivity contribution in [2.24, 2.45) is 0 Å². The number of hydrogen-bond donors (Lipinski definition) is 1. The van der Waals surface area contributed by atoms with Crippen molar-refractivity contribution in [2.45, 2.75) is 50.7 Å². The van der Waals surface area contributed by atoms with Crippen molar-refractivity contribution in [3.05, 3.63) is 29.8 Å². The number of aromatic nitrogens is 1. The standard InChI is InChI=1S/C15H23FN2O/c1-18(13-5-3-2-4-6-13)10-9-15(19)14-8-7-12(16)11-17-14/h7-8,11,13,15,19H,2-6,9-10H2,1H3. The van der Waals surface area contributed by atoms with E-state index in [1.807, 2.05) is 0 Å². The molecule has 0 aromatic carbocycles. The van der Waals surface area contributed by atoms with Gasteiger partial charge in [0.15, 0.2) is 0 Å². The summed E-state index contributed by atoms with van der Waals surface area (Å²) in [6, 6.07) is 3.55. The maximum absolute atomic E-state index is 12.8. The van der Waals surface area contributed by atoms with Crippen LogP contribution in [-0.2, 0) is 0 Å². The van der Waals surface area contributed by atoms with Crippen LogP contribution in [-0.4, -0.2) is 34.6 Å². The molecule has 0 saturated heterocycles. The number of nitrogens with zero attached hydrogens (tertiary/aromatic N) is 2. The smallest absolute Gasteiger partial charge is 0.141 e. The van der Waals surface area contributed by atoms with Gasteiger partial charge in [0.05, 0.1) is 18.0 Å². The number of aliphatic hydroxyl groups is 1. The third kappa shape index (κ3) is 4.25. The lowest BCUT2D eigenvalue weighted by molar-refractivity contribution is 0.122. The van der Waals surface area contributed by atoms with Crippen LogP contribution in [0.4, 0.5) is 4.39 Å². The molecule has 19 heavy (non-hydrogen) atoms. The zero-order valence-corrected chi connectivity index (χ0v) is 11.6. The molecule has 1 fully saturated rings. The summed E-state index contributed by atoms with van der Waals surface area (Å²) in [5.41, 5.74) is 0.554. The fraction of sp³-hybridized carbons (Fsp3) is 0.667. The fourth-order valence-electron chi connectivity index (χ4n) is 2.76. The third-order valence-corrected chi connectivity index (χ3v) is 4.04. The minimum Gasteiger partial charge on any atom is -0.387 e. The summed E-state index contributed by atoms with van der Waals surface area (Å²) in [6.07, 6.45) is 7.71. The summed E-state index contributed by atoms with van der Waals surface area (Å²) in [5.74, 6) is -0.365. The van der Waals surface area contributed by atoms with Crippen molar-refractivity contribution in [3.8, 4) is 0 Å². The second kappa shape index (κ2) is 6.96. The molecule has 0 aliphatic heterocycles. The molecule has 1 heterocycles. The minimum absolute atomic E-state index is 0.365. The summed E-state index contributed by atoms with van der Waals surface area (Å²) >= 11 is 0. The molecule has 1 aliphatic carbocycles. The van der Waals surface area contributed by atoms with Gasteiger partial charge in [-0.3, -0.25) is 4.98 Å². The molecule has 0 spiro atoms. The highest BCUT2D eigenvalue weighted by atomic mass is 19.1. The zero-order chi connectivity index (χ0) is 13.7. The Morgan fingerprint density at radius 3 is 2.74 bits per heavy atom. The summed E-state index contributed by atoms with van der Waals surface area (Å²) in [6.45, 7) is 0.852. The molecular weight excluding hydrogens is 243 g/mol. The molecule has 2 rings (SSSR count). The Morgan fingerprint density at radius 2 is 2.11 bits per heavy atom. The van der Waals surface area contributed by atoms with Crippen LogP contribution >= 0.6 is 0 Å². The molecule has 0 bridgehead atoms. The normalized spacial score (nSPS) is 18.7. The topological polar surface area (TPSA) is 36.4 Å². The van der Waals surface area contributed by atoms with Crippen LogP contribution in [0.15, 0.2) is 18.3 Å². The summed E-state index contributed by atoms with van der Waals surface area (Å²) in [4.78, 5) is 6.26. The number of rotatable bonds is 5. The molecule has 0 amide bonds. The van der Waals surface area contributed by atoms with Crippen LogP contribution < -0.4 is 0 Å². The van der Waals surface area contributed by atoms with Gasteiger partial charge >= 0.3 is 0 Å². The minimum atomic E-state index is -0.605. The molecule has 106 valence electrons. The second-order valence-corrected chi connectivity index (χ2v) is 5.48. The lowest BCUT2D eigenvalue weighted by Gasteiger charge is -2.31. The molecule has 1 aromatic rings. The SMILES string of the molecule is CN(CCC(O)c1ccc(F)cn1)C1CCCCC1. The average molecular weight is 266 g/mol. The van der Waals surface area contributed by atoms with Gasteiger partial charge in [-0.05, 0) is 38.4 Å². The Bertz CT molecular complexity index is 376. The van der Waals surface area contributed by atoms with Gasteiger partial charge in [0.2, 0.25) is 0 Å². The van der Waals surface area contributed by atoms with Crippen LogP contribution in [0, 0.1) is 5.82 Å². The highest BCUT2D eigenvalue weighted by molar-refractivity contribution is 5.07. The van der Waals surface area contributed by atoms with Crippen LogP contribution in [0.25, 0.3) is 0 Å². The zero-order valence-electron chi connectivity index (χ0n) is 11.6. The Balaban J connectivity index is 1.79. The summed E-state index contributed by atoms with van der Waals surface area (Å²) in [5, 5.41) is 10.0. The van der Waals surface area contributed by atoms with E-state index in [0.29, 0.717) is 18.2 Å². The third-order valence-electron chi connectivity index (χ3n) is 4.04. The van der Waals surface area contributed by atoms with E-state index in [9.17, 15) is 9.50 Å². The van der Waals surface area contributed by atoms with Gasteiger partial charge < -0.3 is 10.0 Å². The number of hydrogen-bond acceptors (Lipinski definition) is 3. The first-order valence-corrected chi connectivity index (χ1v) is 7.16. The van der Waals surface area contributed by atoms with E-state index >= 15 is 0 Å². The average Bonchev–Trinajstić information content (AvgIpc) is 2.46. The lowest BCUT2D eigenvalue weighted by Crippen LogP contribution is -2.34. The van der Waals surface area contributed by atoms with Gasteiger partial charge in [-0.25, -0.2) is 4.39 Å². The largest absolute Gasteiger partial charge is 0.387 e. The van der Waals surface area contributed by atoms with Gasteiger partial charge in [-0.1, -0.05) is 19.3 Å². The van der Waals surface area contributed by atoms with Gasteiger partial charge in [0.1, 0.15) is 5.82 Å². The fourth-order valence-corrected chi connectivity index (χ4v) is 2.76. The molecule has 1 N–H and O–H groups in total. The van der Waals surface area contributed by atoms with Crippen LogP contribution in [0.2, 0.25) is 0 Å². The van der Waals surface area contributed by atoms with E-state index < -0.39 is 6.10 Å². The van der Waals surface area contributed by atoms with Crippen molar-refractivity contribution in [1.82, 2.24) is 9.88 Å². The maximum atomic E-state index is 12.8. The van der Waals surface area contributed by atoms with Gasteiger partial charge in [0.25, 0.3) is 0 Å². The molecule has 1 saturated carbocycles. The predicted octanol–water partition coefficient (Wildman–Crippen LogP) is 2.91. The highest BCUT2D eigenvalue weighted by Gasteiger charge is 2.19. The Hall–Kier alpha value is -1.00. The lowest BCUT2D eigenvalue weighted by atomic mass is 9.94. The quantitative estimate of drug-likeness (QED) is 0.890. The molecule has 1 aliphatic rings.